The number of ether oxygens (including phenoxy) is 1. The predicted molar refractivity (Wildman–Crippen MR) is 84.8 cm³/mol. The van der Waals surface area contributed by atoms with Gasteiger partial charge in [0.2, 0.25) is 0 Å². The van der Waals surface area contributed by atoms with Crippen molar-refractivity contribution in [2.75, 3.05) is 6.61 Å². The smallest absolute Gasteiger partial charge is 0.0721 e. The number of rotatable bonds is 6. The Balaban J connectivity index is 0.000000315. The molecule has 0 fully saturated rings. The number of benzene rings is 2. The van der Waals surface area contributed by atoms with Gasteiger partial charge in [-0.1, -0.05) is 60.7 Å². The van der Waals surface area contributed by atoms with E-state index in [2.05, 4.69) is 24.3 Å². The van der Waals surface area contributed by atoms with Crippen LogP contribution in [0.2, 0.25) is 0 Å². The quantitative estimate of drug-likeness (QED) is 0.858. The fourth-order valence-electron chi connectivity index (χ4n) is 1.62. The SMILES string of the molecule is CC(O)CCO.c1ccc(COCc2ccccc2)cc1. The summed E-state index contributed by atoms with van der Waals surface area (Å²) in [5.74, 6) is 0. The third kappa shape index (κ3) is 8.97. The fourth-order valence-corrected chi connectivity index (χ4v) is 1.62. The van der Waals surface area contributed by atoms with Crippen LogP contribution >= 0.6 is 0 Å². The minimum absolute atomic E-state index is 0.0810. The molecule has 114 valence electrons. The molecule has 2 aromatic carbocycles. The van der Waals surface area contributed by atoms with E-state index >= 15 is 0 Å². The summed E-state index contributed by atoms with van der Waals surface area (Å²) in [6.07, 6.45) is 0.134. The second kappa shape index (κ2) is 11.0. The van der Waals surface area contributed by atoms with Gasteiger partial charge in [0.15, 0.2) is 0 Å². The Morgan fingerprint density at radius 1 is 0.857 bits per heavy atom. The van der Waals surface area contributed by atoms with Crippen molar-refractivity contribution in [3.63, 3.8) is 0 Å². The van der Waals surface area contributed by atoms with Crippen LogP contribution in [0.1, 0.15) is 24.5 Å². The molecule has 1 atom stereocenters. The molecular weight excluding hydrogens is 264 g/mol. The molecule has 2 N–H and O–H groups in total. The maximum Gasteiger partial charge on any atom is 0.0721 e. The van der Waals surface area contributed by atoms with E-state index in [1.54, 1.807) is 6.92 Å². The van der Waals surface area contributed by atoms with Gasteiger partial charge in [-0.3, -0.25) is 0 Å². The minimum Gasteiger partial charge on any atom is -0.396 e. The second-order valence-electron chi connectivity index (χ2n) is 4.83. The van der Waals surface area contributed by atoms with Crippen molar-refractivity contribution in [1.29, 1.82) is 0 Å². The van der Waals surface area contributed by atoms with Crippen molar-refractivity contribution < 1.29 is 14.9 Å². The third-order valence-electron chi connectivity index (χ3n) is 2.77. The van der Waals surface area contributed by atoms with Crippen LogP contribution in [0, 0.1) is 0 Å². The molecule has 2 aromatic rings. The maximum absolute atomic E-state index is 8.39. The maximum atomic E-state index is 8.39. The number of hydrogen-bond acceptors (Lipinski definition) is 3. The van der Waals surface area contributed by atoms with Crippen molar-refractivity contribution in [2.45, 2.75) is 32.7 Å². The lowest BCUT2D eigenvalue weighted by Gasteiger charge is -2.03. The second-order valence-corrected chi connectivity index (χ2v) is 4.83. The van der Waals surface area contributed by atoms with E-state index in [9.17, 15) is 0 Å². The van der Waals surface area contributed by atoms with E-state index in [0.29, 0.717) is 19.6 Å². The number of aliphatic hydroxyl groups is 2. The van der Waals surface area contributed by atoms with Crippen LogP contribution in [0.3, 0.4) is 0 Å². The number of hydrogen-bond donors (Lipinski definition) is 2. The lowest BCUT2D eigenvalue weighted by atomic mass is 10.2. The normalized spacial score (nSPS) is 11.4. The van der Waals surface area contributed by atoms with E-state index in [-0.39, 0.29) is 12.7 Å². The standard InChI is InChI=1S/C14H14O.C4H10O2/c1-3-7-13(8-4-1)11-15-12-14-9-5-2-6-10-14;1-4(6)2-3-5/h1-10H,11-12H2;4-6H,2-3H2,1H3. The molecule has 0 saturated heterocycles. The Morgan fingerprint density at radius 3 is 1.57 bits per heavy atom. The van der Waals surface area contributed by atoms with Crippen LogP contribution in [0.25, 0.3) is 0 Å². The molecule has 0 saturated carbocycles. The van der Waals surface area contributed by atoms with Gasteiger partial charge in [0.05, 0.1) is 19.3 Å². The molecule has 21 heavy (non-hydrogen) atoms. The van der Waals surface area contributed by atoms with Crippen LogP contribution < -0.4 is 0 Å². The monoisotopic (exact) mass is 288 g/mol. The molecule has 3 nitrogen and oxygen atoms in total. The summed E-state index contributed by atoms with van der Waals surface area (Å²) < 4.78 is 5.61. The van der Waals surface area contributed by atoms with E-state index in [1.165, 1.54) is 11.1 Å². The molecule has 0 aliphatic rings. The van der Waals surface area contributed by atoms with Crippen molar-refractivity contribution in [2.24, 2.45) is 0 Å². The fraction of sp³-hybridized carbons (Fsp3) is 0.333. The average Bonchev–Trinajstić information content (AvgIpc) is 2.50. The first-order valence-electron chi connectivity index (χ1n) is 7.17. The zero-order valence-corrected chi connectivity index (χ0v) is 12.5. The molecule has 0 radical (unpaired) electrons. The topological polar surface area (TPSA) is 49.7 Å². The van der Waals surface area contributed by atoms with Crippen LogP contribution in [-0.2, 0) is 18.0 Å². The van der Waals surface area contributed by atoms with Crippen LogP contribution in [-0.4, -0.2) is 22.9 Å². The van der Waals surface area contributed by atoms with Gasteiger partial charge in [0, 0.05) is 6.61 Å². The Hall–Kier alpha value is -1.68. The van der Waals surface area contributed by atoms with Crippen LogP contribution in [0.4, 0.5) is 0 Å². The van der Waals surface area contributed by atoms with E-state index < -0.39 is 0 Å². The van der Waals surface area contributed by atoms with Gasteiger partial charge in [0.1, 0.15) is 0 Å². The lowest BCUT2D eigenvalue weighted by Crippen LogP contribution is -2.00. The van der Waals surface area contributed by atoms with Gasteiger partial charge in [0.25, 0.3) is 0 Å². The molecule has 0 aromatic heterocycles. The van der Waals surface area contributed by atoms with Gasteiger partial charge in [-0.2, -0.15) is 0 Å². The molecule has 2 rings (SSSR count). The lowest BCUT2D eigenvalue weighted by molar-refractivity contribution is 0.107. The number of aliphatic hydroxyl groups excluding tert-OH is 2. The van der Waals surface area contributed by atoms with E-state index in [4.69, 9.17) is 14.9 Å². The molecule has 0 amide bonds. The highest BCUT2D eigenvalue weighted by molar-refractivity contribution is 5.15. The molecule has 0 bridgehead atoms. The molecular formula is C18H24O3. The van der Waals surface area contributed by atoms with Gasteiger partial charge in [-0.15, -0.1) is 0 Å². The summed E-state index contributed by atoms with van der Waals surface area (Å²) in [5.41, 5.74) is 2.43. The highest BCUT2D eigenvalue weighted by atomic mass is 16.5. The highest BCUT2D eigenvalue weighted by Gasteiger charge is 1.93. The average molecular weight is 288 g/mol. The molecule has 0 heterocycles. The summed E-state index contributed by atoms with van der Waals surface area (Å²) in [6, 6.07) is 20.4. The Morgan fingerprint density at radius 2 is 1.29 bits per heavy atom. The van der Waals surface area contributed by atoms with Crippen LogP contribution in [0.5, 0.6) is 0 Å². The zero-order valence-electron chi connectivity index (χ0n) is 12.5. The molecule has 1 unspecified atom stereocenters. The van der Waals surface area contributed by atoms with Crippen molar-refractivity contribution in [3.8, 4) is 0 Å². The Bertz CT molecular complexity index is 415. The largest absolute Gasteiger partial charge is 0.396 e. The van der Waals surface area contributed by atoms with E-state index in [0.717, 1.165) is 0 Å². The van der Waals surface area contributed by atoms with Gasteiger partial charge >= 0.3 is 0 Å². The van der Waals surface area contributed by atoms with E-state index in [1.807, 2.05) is 36.4 Å². The third-order valence-corrected chi connectivity index (χ3v) is 2.77. The first-order chi connectivity index (χ1) is 10.2. The van der Waals surface area contributed by atoms with Gasteiger partial charge in [-0.05, 0) is 24.5 Å². The van der Waals surface area contributed by atoms with Crippen molar-refractivity contribution in [1.82, 2.24) is 0 Å². The van der Waals surface area contributed by atoms with Crippen LogP contribution in [0.15, 0.2) is 60.7 Å². The van der Waals surface area contributed by atoms with Gasteiger partial charge in [-0.25, -0.2) is 0 Å². The first-order valence-corrected chi connectivity index (χ1v) is 7.17. The highest BCUT2D eigenvalue weighted by Crippen LogP contribution is 2.05. The molecule has 0 spiro atoms. The minimum atomic E-state index is -0.352. The molecule has 3 heteroatoms. The van der Waals surface area contributed by atoms with Crippen molar-refractivity contribution >= 4 is 0 Å². The first kappa shape index (κ1) is 17.4. The summed E-state index contributed by atoms with van der Waals surface area (Å²) in [4.78, 5) is 0. The summed E-state index contributed by atoms with van der Waals surface area (Å²) in [7, 11) is 0. The molecule has 0 aliphatic heterocycles. The predicted octanol–water partition coefficient (Wildman–Crippen LogP) is 3.15. The summed E-state index contributed by atoms with van der Waals surface area (Å²) >= 11 is 0. The summed E-state index contributed by atoms with van der Waals surface area (Å²) in [5, 5.41) is 16.5. The zero-order chi connectivity index (χ0) is 15.3. The Labute approximate surface area is 126 Å². The van der Waals surface area contributed by atoms with Crippen molar-refractivity contribution in [3.05, 3.63) is 71.8 Å². The molecule has 0 aliphatic carbocycles. The Kier molecular flexibility index (Phi) is 9.13. The van der Waals surface area contributed by atoms with Gasteiger partial charge < -0.3 is 14.9 Å². The summed E-state index contributed by atoms with van der Waals surface area (Å²) in [6.45, 7) is 3.08.